The van der Waals surface area contributed by atoms with Gasteiger partial charge in [-0.3, -0.25) is 4.79 Å². The Morgan fingerprint density at radius 3 is 2.27 bits per heavy atom. The monoisotopic (exact) mass is 579 g/mol. The highest BCUT2D eigenvalue weighted by Crippen LogP contribution is 2.38. The summed E-state index contributed by atoms with van der Waals surface area (Å²) >= 11 is 6.31. The number of unbranched alkanes of at least 4 members (excludes halogenated alkanes) is 2. The molecule has 9 heteroatoms. The predicted octanol–water partition coefficient (Wildman–Crippen LogP) is 6.55. The second-order valence-corrected chi connectivity index (χ2v) is 10.2. The van der Waals surface area contributed by atoms with Crippen LogP contribution in [0.3, 0.4) is 0 Å². The van der Waals surface area contributed by atoms with Crippen LogP contribution in [-0.2, 0) is 13.0 Å². The van der Waals surface area contributed by atoms with Crippen molar-refractivity contribution < 1.29 is 23.7 Å². The molecule has 0 aliphatic carbocycles. The number of hydrogen-bond donors (Lipinski definition) is 1. The summed E-state index contributed by atoms with van der Waals surface area (Å²) < 4.78 is 24.4. The number of benzene rings is 3. The standard InChI is InChI=1S/C32H38ClN3O5/c1-21-17-24(18-22(2)30(21)33)41-16-15-36-26-12-9-8-11-25(26)35-29(36)13-7-6-10-14-34-32(37)23-19-27(38-3)31(40-5)28(20-23)39-4/h8-9,11-12,17-20H,6-7,10,13-16H2,1-5H3,(H,34,37). The van der Waals surface area contributed by atoms with E-state index in [1.807, 2.05) is 44.2 Å². The first kappa shape index (κ1) is 30.1. The summed E-state index contributed by atoms with van der Waals surface area (Å²) in [6.07, 6.45) is 3.61. The van der Waals surface area contributed by atoms with E-state index in [0.29, 0.717) is 42.5 Å². The van der Waals surface area contributed by atoms with Crippen molar-refractivity contribution in [2.45, 2.75) is 46.1 Å². The average molecular weight is 580 g/mol. The maximum Gasteiger partial charge on any atom is 0.251 e. The van der Waals surface area contributed by atoms with E-state index in [2.05, 4.69) is 16.0 Å². The van der Waals surface area contributed by atoms with Crippen LogP contribution in [0, 0.1) is 13.8 Å². The second kappa shape index (κ2) is 14.1. The molecule has 0 saturated carbocycles. The number of amides is 1. The zero-order valence-corrected chi connectivity index (χ0v) is 25.1. The van der Waals surface area contributed by atoms with Gasteiger partial charge in [0.1, 0.15) is 18.2 Å². The van der Waals surface area contributed by atoms with Crippen molar-refractivity contribution in [2.75, 3.05) is 34.5 Å². The van der Waals surface area contributed by atoms with Crippen LogP contribution >= 0.6 is 11.6 Å². The smallest absolute Gasteiger partial charge is 0.251 e. The van der Waals surface area contributed by atoms with Gasteiger partial charge < -0.3 is 28.8 Å². The molecule has 41 heavy (non-hydrogen) atoms. The molecule has 1 heterocycles. The zero-order valence-electron chi connectivity index (χ0n) is 24.4. The first-order valence-corrected chi connectivity index (χ1v) is 14.2. The van der Waals surface area contributed by atoms with E-state index >= 15 is 0 Å². The Balaban J connectivity index is 1.29. The van der Waals surface area contributed by atoms with Crippen molar-refractivity contribution in [3.05, 3.63) is 76.1 Å². The first-order chi connectivity index (χ1) is 19.9. The van der Waals surface area contributed by atoms with Crippen LogP contribution in [0.2, 0.25) is 5.02 Å². The predicted molar refractivity (Wildman–Crippen MR) is 162 cm³/mol. The van der Waals surface area contributed by atoms with Gasteiger partial charge >= 0.3 is 0 Å². The largest absolute Gasteiger partial charge is 0.493 e. The van der Waals surface area contributed by atoms with Gasteiger partial charge in [-0.25, -0.2) is 4.98 Å². The molecule has 218 valence electrons. The Kier molecular flexibility index (Phi) is 10.4. The summed E-state index contributed by atoms with van der Waals surface area (Å²) in [7, 11) is 4.59. The summed E-state index contributed by atoms with van der Waals surface area (Å²) in [5, 5.41) is 3.77. The molecule has 0 fully saturated rings. The minimum absolute atomic E-state index is 0.183. The van der Waals surface area contributed by atoms with Crippen LogP contribution in [0.4, 0.5) is 0 Å². The number of nitrogens with zero attached hydrogens (tertiary/aromatic N) is 2. The van der Waals surface area contributed by atoms with Crippen molar-refractivity contribution in [1.29, 1.82) is 0 Å². The first-order valence-electron chi connectivity index (χ1n) is 13.8. The van der Waals surface area contributed by atoms with E-state index in [4.69, 9.17) is 35.5 Å². The van der Waals surface area contributed by atoms with Gasteiger partial charge in [-0.1, -0.05) is 30.2 Å². The number of ether oxygens (including phenoxy) is 4. The molecule has 3 aromatic carbocycles. The molecule has 0 spiro atoms. The minimum atomic E-state index is -0.183. The number of para-hydroxylation sites is 2. The Morgan fingerprint density at radius 2 is 1.61 bits per heavy atom. The third kappa shape index (κ3) is 7.24. The molecule has 1 amide bonds. The van der Waals surface area contributed by atoms with Crippen molar-refractivity contribution in [3.8, 4) is 23.0 Å². The Morgan fingerprint density at radius 1 is 0.927 bits per heavy atom. The number of carbonyl (C=O) groups excluding carboxylic acids is 1. The van der Waals surface area contributed by atoms with Crippen LogP contribution in [0.15, 0.2) is 48.5 Å². The summed E-state index contributed by atoms with van der Waals surface area (Å²) in [5.74, 6) is 3.03. The summed E-state index contributed by atoms with van der Waals surface area (Å²) in [6, 6.07) is 15.4. The molecule has 0 atom stereocenters. The highest BCUT2D eigenvalue weighted by molar-refractivity contribution is 6.32. The number of nitrogens with one attached hydrogen (secondary N) is 1. The Bertz CT molecular complexity index is 1450. The van der Waals surface area contributed by atoms with E-state index < -0.39 is 0 Å². The van der Waals surface area contributed by atoms with E-state index in [1.54, 1.807) is 12.1 Å². The molecule has 4 aromatic rings. The maximum absolute atomic E-state index is 12.7. The topological polar surface area (TPSA) is 83.8 Å². The fraction of sp³-hybridized carbons (Fsp3) is 0.375. The van der Waals surface area contributed by atoms with Crippen LogP contribution < -0.4 is 24.3 Å². The number of aromatic nitrogens is 2. The normalized spacial score (nSPS) is 11.0. The van der Waals surface area contributed by atoms with E-state index in [-0.39, 0.29) is 5.91 Å². The number of fused-ring (bicyclic) bond motifs is 1. The number of imidazole rings is 1. The quantitative estimate of drug-likeness (QED) is 0.170. The zero-order chi connectivity index (χ0) is 29.4. The summed E-state index contributed by atoms with van der Waals surface area (Å²) in [4.78, 5) is 17.6. The molecule has 0 unspecified atom stereocenters. The number of aryl methyl sites for hydroxylation is 3. The number of carbonyl (C=O) groups is 1. The summed E-state index contributed by atoms with van der Waals surface area (Å²) in [6.45, 7) is 5.77. The number of rotatable bonds is 14. The molecule has 1 N–H and O–H groups in total. The van der Waals surface area contributed by atoms with Crippen molar-refractivity contribution in [3.63, 3.8) is 0 Å². The van der Waals surface area contributed by atoms with Gasteiger partial charge in [0.2, 0.25) is 5.75 Å². The molecule has 0 aliphatic heterocycles. The number of methoxy groups -OCH3 is 3. The molecular weight excluding hydrogens is 542 g/mol. The lowest BCUT2D eigenvalue weighted by Crippen LogP contribution is -2.24. The van der Waals surface area contributed by atoms with E-state index in [9.17, 15) is 4.79 Å². The highest BCUT2D eigenvalue weighted by atomic mass is 35.5. The van der Waals surface area contributed by atoms with Gasteiger partial charge in [-0.05, 0) is 74.2 Å². The van der Waals surface area contributed by atoms with Gasteiger partial charge in [0.15, 0.2) is 11.5 Å². The van der Waals surface area contributed by atoms with E-state index in [1.165, 1.54) is 21.3 Å². The van der Waals surface area contributed by atoms with Crippen LogP contribution in [0.1, 0.15) is 46.6 Å². The summed E-state index contributed by atoms with van der Waals surface area (Å²) in [5.41, 5.74) is 4.56. The van der Waals surface area contributed by atoms with Crippen LogP contribution in [0.5, 0.6) is 23.0 Å². The molecule has 4 rings (SSSR count). The number of hydrogen-bond acceptors (Lipinski definition) is 6. The van der Waals surface area contributed by atoms with Gasteiger partial charge in [0, 0.05) is 23.6 Å². The molecular formula is C32H38ClN3O5. The van der Waals surface area contributed by atoms with Gasteiger partial charge in [0.05, 0.1) is 38.9 Å². The fourth-order valence-corrected chi connectivity index (χ4v) is 5.02. The third-order valence-electron chi connectivity index (χ3n) is 7.02. The van der Waals surface area contributed by atoms with Crippen molar-refractivity contribution >= 4 is 28.5 Å². The molecule has 8 nitrogen and oxygen atoms in total. The lowest BCUT2D eigenvalue weighted by molar-refractivity contribution is 0.0952. The van der Waals surface area contributed by atoms with Gasteiger partial charge in [0.25, 0.3) is 5.91 Å². The average Bonchev–Trinajstić information content (AvgIpc) is 3.33. The maximum atomic E-state index is 12.7. The lowest BCUT2D eigenvalue weighted by Gasteiger charge is -2.14. The number of halogens is 1. The molecule has 0 saturated heterocycles. The molecule has 0 bridgehead atoms. The molecule has 0 aliphatic rings. The van der Waals surface area contributed by atoms with E-state index in [0.717, 1.165) is 64.4 Å². The minimum Gasteiger partial charge on any atom is -0.493 e. The second-order valence-electron chi connectivity index (χ2n) is 9.87. The third-order valence-corrected chi connectivity index (χ3v) is 7.61. The van der Waals surface area contributed by atoms with Gasteiger partial charge in [-0.15, -0.1) is 0 Å². The van der Waals surface area contributed by atoms with Crippen LogP contribution in [0.25, 0.3) is 11.0 Å². The molecule has 1 aromatic heterocycles. The Labute approximate surface area is 246 Å². The van der Waals surface area contributed by atoms with Gasteiger partial charge in [-0.2, -0.15) is 0 Å². The van der Waals surface area contributed by atoms with Crippen LogP contribution in [-0.4, -0.2) is 49.9 Å². The fourth-order valence-electron chi connectivity index (χ4n) is 4.91. The SMILES string of the molecule is COc1cc(C(=O)NCCCCCc2nc3ccccc3n2CCOc2cc(C)c(Cl)c(C)c2)cc(OC)c1OC. The Hall–Kier alpha value is -3.91. The molecule has 0 radical (unpaired) electrons. The highest BCUT2D eigenvalue weighted by Gasteiger charge is 2.17. The lowest BCUT2D eigenvalue weighted by atomic mass is 10.1. The van der Waals surface area contributed by atoms with Crippen molar-refractivity contribution in [1.82, 2.24) is 14.9 Å². The van der Waals surface area contributed by atoms with Crippen molar-refractivity contribution in [2.24, 2.45) is 0 Å².